The molecule has 2 fully saturated rings. The van der Waals surface area contributed by atoms with Gasteiger partial charge in [-0.1, -0.05) is 0 Å². The first-order chi connectivity index (χ1) is 9.97. The van der Waals surface area contributed by atoms with E-state index in [0.717, 1.165) is 25.0 Å². The van der Waals surface area contributed by atoms with Crippen molar-refractivity contribution in [2.75, 3.05) is 13.1 Å². The van der Waals surface area contributed by atoms with Crippen LogP contribution in [0.25, 0.3) is 0 Å². The average molecular weight is 330 g/mol. The van der Waals surface area contributed by atoms with Gasteiger partial charge in [0.05, 0.1) is 11.0 Å². The summed E-state index contributed by atoms with van der Waals surface area (Å²) in [6.45, 7) is 1.10. The summed E-state index contributed by atoms with van der Waals surface area (Å²) in [6.07, 6.45) is 1.95. The van der Waals surface area contributed by atoms with Crippen LogP contribution in [-0.4, -0.2) is 34.9 Å². The molecule has 2 N–H and O–H groups in total. The Balaban J connectivity index is 0.00000176. The normalized spacial score (nSPS) is 26.5. The second-order valence-corrected chi connectivity index (χ2v) is 5.79. The zero-order chi connectivity index (χ0) is 15.1. The maximum absolute atomic E-state index is 13.1. The molecule has 0 bridgehead atoms. The molecule has 3 rings (SSSR count). The molecule has 1 aliphatic carbocycles. The molecule has 3 atom stereocenters. The Labute approximate surface area is 133 Å². The number of rotatable bonds is 2. The largest absolute Gasteiger partial charge is 0.338 e. The maximum atomic E-state index is 13.1. The summed E-state index contributed by atoms with van der Waals surface area (Å²) in [5.41, 5.74) is 5.48. The molecule has 6 nitrogen and oxygen atoms in total. The molecule has 0 spiro atoms. The topological polar surface area (TPSA) is 89.5 Å². The molecule has 120 valence electrons. The van der Waals surface area contributed by atoms with Crippen LogP contribution in [0.5, 0.6) is 0 Å². The fourth-order valence-corrected chi connectivity index (χ4v) is 3.48. The molecule has 1 amide bonds. The van der Waals surface area contributed by atoms with E-state index in [9.17, 15) is 19.3 Å². The summed E-state index contributed by atoms with van der Waals surface area (Å²) in [5, 5.41) is 11.0. The molecule has 22 heavy (non-hydrogen) atoms. The highest BCUT2D eigenvalue weighted by Gasteiger charge is 2.43. The molecule has 1 aromatic carbocycles. The van der Waals surface area contributed by atoms with E-state index in [1.807, 2.05) is 0 Å². The third-order valence-corrected chi connectivity index (χ3v) is 4.59. The monoisotopic (exact) mass is 329 g/mol. The molecule has 0 radical (unpaired) electrons. The number of nitro groups is 1. The van der Waals surface area contributed by atoms with Gasteiger partial charge in [-0.25, -0.2) is 4.39 Å². The van der Waals surface area contributed by atoms with Crippen molar-refractivity contribution in [2.24, 2.45) is 17.6 Å². The van der Waals surface area contributed by atoms with Gasteiger partial charge in [0.1, 0.15) is 11.4 Å². The Kier molecular flexibility index (Phi) is 4.67. The number of fused-ring (bicyclic) bond motifs is 1. The number of carbonyl (C=O) groups is 1. The highest BCUT2D eigenvalue weighted by Crippen LogP contribution is 2.38. The van der Waals surface area contributed by atoms with Gasteiger partial charge < -0.3 is 10.6 Å². The molecule has 2 aliphatic rings. The SMILES string of the molecule is Cl.NC1CCC2CN(C(=O)c3ccc(F)cc3[N+](=O)[O-])CC12. The first kappa shape index (κ1) is 16.6. The van der Waals surface area contributed by atoms with Gasteiger partial charge in [-0.05, 0) is 36.8 Å². The second-order valence-electron chi connectivity index (χ2n) is 5.79. The fraction of sp³-hybridized carbons (Fsp3) is 0.500. The van der Waals surface area contributed by atoms with Crippen molar-refractivity contribution < 1.29 is 14.1 Å². The number of hydrogen-bond donors (Lipinski definition) is 1. The summed E-state index contributed by atoms with van der Waals surface area (Å²) in [5.74, 6) is -0.487. The Hall–Kier alpha value is -1.73. The van der Waals surface area contributed by atoms with Crippen LogP contribution in [0.1, 0.15) is 23.2 Å². The third kappa shape index (κ3) is 2.78. The minimum atomic E-state index is -0.724. The fourth-order valence-electron chi connectivity index (χ4n) is 3.48. The third-order valence-electron chi connectivity index (χ3n) is 4.59. The number of carbonyl (C=O) groups excluding carboxylic acids is 1. The standard InChI is InChI=1S/C14H16FN3O3.ClH/c15-9-2-3-10(13(5-9)18(20)21)14(19)17-6-8-1-4-12(16)11(8)7-17;/h2-3,5,8,11-12H,1,4,6-7,16H2;1H. The van der Waals surface area contributed by atoms with Crippen molar-refractivity contribution in [3.8, 4) is 0 Å². The molecule has 1 saturated heterocycles. The van der Waals surface area contributed by atoms with E-state index in [-0.39, 0.29) is 29.9 Å². The van der Waals surface area contributed by atoms with Crippen LogP contribution in [0.4, 0.5) is 10.1 Å². The van der Waals surface area contributed by atoms with Gasteiger partial charge in [-0.2, -0.15) is 0 Å². The number of amides is 1. The molecule has 1 aliphatic heterocycles. The lowest BCUT2D eigenvalue weighted by Gasteiger charge is -2.18. The zero-order valence-electron chi connectivity index (χ0n) is 11.8. The summed E-state index contributed by atoms with van der Waals surface area (Å²) >= 11 is 0. The van der Waals surface area contributed by atoms with E-state index in [4.69, 9.17) is 5.73 Å². The van der Waals surface area contributed by atoms with Crippen molar-refractivity contribution in [1.82, 2.24) is 4.90 Å². The van der Waals surface area contributed by atoms with E-state index < -0.39 is 22.3 Å². The second kappa shape index (κ2) is 6.18. The van der Waals surface area contributed by atoms with Gasteiger partial charge in [0.25, 0.3) is 11.6 Å². The highest BCUT2D eigenvalue weighted by atomic mass is 35.5. The van der Waals surface area contributed by atoms with Gasteiger partial charge in [0.2, 0.25) is 0 Å². The Morgan fingerprint density at radius 2 is 2.09 bits per heavy atom. The zero-order valence-corrected chi connectivity index (χ0v) is 12.6. The van der Waals surface area contributed by atoms with Crippen LogP contribution in [0.3, 0.4) is 0 Å². The molecule has 1 heterocycles. The van der Waals surface area contributed by atoms with E-state index in [1.165, 1.54) is 6.07 Å². The van der Waals surface area contributed by atoms with Crippen molar-refractivity contribution in [3.63, 3.8) is 0 Å². The van der Waals surface area contributed by atoms with Gasteiger partial charge in [-0.3, -0.25) is 14.9 Å². The van der Waals surface area contributed by atoms with Gasteiger partial charge >= 0.3 is 0 Å². The highest BCUT2D eigenvalue weighted by molar-refractivity contribution is 5.98. The van der Waals surface area contributed by atoms with Gasteiger partial charge in [0.15, 0.2) is 0 Å². The molecule has 1 aromatic rings. The van der Waals surface area contributed by atoms with Crippen LogP contribution < -0.4 is 5.73 Å². The summed E-state index contributed by atoms with van der Waals surface area (Å²) < 4.78 is 13.1. The Morgan fingerprint density at radius 3 is 2.73 bits per heavy atom. The molecule has 0 aromatic heterocycles. The molecule has 1 saturated carbocycles. The van der Waals surface area contributed by atoms with E-state index >= 15 is 0 Å². The first-order valence-corrected chi connectivity index (χ1v) is 6.96. The number of nitrogens with two attached hydrogens (primary N) is 1. The first-order valence-electron chi connectivity index (χ1n) is 6.96. The number of likely N-dealkylation sites (tertiary alicyclic amines) is 1. The summed E-state index contributed by atoms with van der Waals surface area (Å²) in [4.78, 5) is 24.4. The van der Waals surface area contributed by atoms with E-state index in [1.54, 1.807) is 4.90 Å². The molecule has 3 unspecified atom stereocenters. The van der Waals surface area contributed by atoms with Crippen LogP contribution in [0, 0.1) is 27.8 Å². The van der Waals surface area contributed by atoms with E-state index in [0.29, 0.717) is 19.0 Å². The number of nitrogens with zero attached hydrogens (tertiary/aromatic N) is 2. The molecule has 8 heteroatoms. The van der Waals surface area contributed by atoms with Gasteiger partial charge in [0, 0.05) is 19.1 Å². The maximum Gasteiger partial charge on any atom is 0.285 e. The van der Waals surface area contributed by atoms with Crippen LogP contribution in [-0.2, 0) is 0 Å². The van der Waals surface area contributed by atoms with Crippen LogP contribution >= 0.6 is 12.4 Å². The van der Waals surface area contributed by atoms with Crippen LogP contribution in [0.15, 0.2) is 18.2 Å². The van der Waals surface area contributed by atoms with E-state index in [2.05, 4.69) is 0 Å². The summed E-state index contributed by atoms with van der Waals surface area (Å²) in [7, 11) is 0. The summed E-state index contributed by atoms with van der Waals surface area (Å²) in [6, 6.07) is 3.14. The number of hydrogen-bond acceptors (Lipinski definition) is 4. The predicted octanol–water partition coefficient (Wildman–Crippen LogP) is 1.97. The Morgan fingerprint density at radius 1 is 1.36 bits per heavy atom. The quantitative estimate of drug-likeness (QED) is 0.663. The van der Waals surface area contributed by atoms with Crippen molar-refractivity contribution in [2.45, 2.75) is 18.9 Å². The number of nitro benzene ring substituents is 1. The minimum absolute atomic E-state index is 0. The molecular weight excluding hydrogens is 313 g/mol. The lowest BCUT2D eigenvalue weighted by molar-refractivity contribution is -0.385. The van der Waals surface area contributed by atoms with Gasteiger partial charge in [-0.15, -0.1) is 12.4 Å². The minimum Gasteiger partial charge on any atom is -0.338 e. The van der Waals surface area contributed by atoms with Crippen molar-refractivity contribution in [3.05, 3.63) is 39.7 Å². The average Bonchev–Trinajstić information content (AvgIpc) is 3.00. The lowest BCUT2D eigenvalue weighted by Crippen LogP contribution is -2.33. The number of halogens is 2. The predicted molar refractivity (Wildman–Crippen MR) is 80.4 cm³/mol. The molecular formula is C14H17ClFN3O3. The number of benzene rings is 1. The van der Waals surface area contributed by atoms with Crippen molar-refractivity contribution >= 4 is 24.0 Å². The smallest absolute Gasteiger partial charge is 0.285 e. The Bertz CT molecular complexity index is 613. The van der Waals surface area contributed by atoms with Crippen molar-refractivity contribution in [1.29, 1.82) is 0 Å². The lowest BCUT2D eigenvalue weighted by atomic mass is 9.98. The van der Waals surface area contributed by atoms with Crippen LogP contribution in [0.2, 0.25) is 0 Å².